The number of amidine groups is 1. The second-order valence-electron chi connectivity index (χ2n) is 3.84. The zero-order valence-electron chi connectivity index (χ0n) is 10.6. The number of nitrogens with one attached hydrogen (secondary N) is 1. The monoisotopic (exact) mass is 282 g/mol. The van der Waals surface area contributed by atoms with Crippen molar-refractivity contribution in [2.45, 2.75) is 31.7 Å². The highest BCUT2D eigenvalue weighted by Gasteiger charge is 2.32. The second kappa shape index (κ2) is 5.96. The average molecular weight is 282 g/mol. The molecule has 0 aliphatic carbocycles. The van der Waals surface area contributed by atoms with Crippen molar-refractivity contribution in [1.82, 2.24) is 5.32 Å². The van der Waals surface area contributed by atoms with E-state index in [-0.39, 0.29) is 17.1 Å². The van der Waals surface area contributed by atoms with Crippen LogP contribution < -0.4 is 5.32 Å². The van der Waals surface area contributed by atoms with Crippen molar-refractivity contribution in [3.63, 3.8) is 0 Å². The molecule has 0 saturated heterocycles. The average Bonchev–Trinajstić information content (AvgIpc) is 2.85. The van der Waals surface area contributed by atoms with Crippen molar-refractivity contribution in [2.75, 3.05) is 6.61 Å². The smallest absolute Gasteiger partial charge is 0.319 e. The zero-order valence-corrected chi connectivity index (χ0v) is 11.4. The van der Waals surface area contributed by atoms with Crippen molar-refractivity contribution in [3.05, 3.63) is 11.8 Å². The van der Waals surface area contributed by atoms with Gasteiger partial charge >= 0.3 is 5.97 Å². The highest BCUT2D eigenvalue weighted by molar-refractivity contribution is 8.15. The number of carbonyl (C=O) groups is 2. The van der Waals surface area contributed by atoms with E-state index in [0.717, 1.165) is 0 Å². The van der Waals surface area contributed by atoms with Crippen LogP contribution in [0.2, 0.25) is 0 Å². The first-order valence-electron chi connectivity index (χ1n) is 5.98. The first-order valence-corrected chi connectivity index (χ1v) is 6.86. The first kappa shape index (κ1) is 13.7. The Hall–Kier alpha value is -1.70. The number of hydrogen-bond donors (Lipinski definition) is 1. The fraction of sp³-hybridized carbons (Fsp3) is 0.545. The van der Waals surface area contributed by atoms with Gasteiger partial charge in [-0.15, -0.1) is 0 Å². The molecule has 0 spiro atoms. The van der Waals surface area contributed by atoms with Gasteiger partial charge in [0.05, 0.1) is 18.4 Å². The fourth-order valence-electron chi connectivity index (χ4n) is 1.60. The van der Waals surface area contributed by atoms with E-state index in [1.807, 2.05) is 6.92 Å². The number of nitrogens with zero attached hydrogens (tertiary/aromatic N) is 3. The summed E-state index contributed by atoms with van der Waals surface area (Å²) in [7, 11) is 0. The summed E-state index contributed by atoms with van der Waals surface area (Å²) in [6, 6.07) is 0. The lowest BCUT2D eigenvalue weighted by atomic mass is 10.2. The molecular weight excluding hydrogens is 268 g/mol. The molecule has 0 saturated carbocycles. The Labute approximate surface area is 114 Å². The quantitative estimate of drug-likeness (QED) is 0.785. The summed E-state index contributed by atoms with van der Waals surface area (Å²) in [4.78, 5) is 27.7. The highest BCUT2D eigenvalue weighted by Crippen LogP contribution is 2.25. The van der Waals surface area contributed by atoms with Crippen LogP contribution >= 0.6 is 11.8 Å². The molecule has 0 aromatic heterocycles. The number of carbonyl (C=O) groups excluding carboxylic acids is 2. The third-order valence-electron chi connectivity index (χ3n) is 2.55. The fourth-order valence-corrected chi connectivity index (χ4v) is 2.51. The van der Waals surface area contributed by atoms with Gasteiger partial charge in [0.2, 0.25) is 0 Å². The number of esters is 1. The topological polar surface area (TPSA) is 92.5 Å². The van der Waals surface area contributed by atoms with Crippen molar-refractivity contribution in [3.8, 4) is 0 Å². The lowest BCUT2D eigenvalue weighted by Gasteiger charge is -2.20. The summed E-state index contributed by atoms with van der Waals surface area (Å²) in [6.45, 7) is 3.96. The van der Waals surface area contributed by atoms with Crippen molar-refractivity contribution >= 4 is 28.8 Å². The Balaban J connectivity index is 2.06. The van der Waals surface area contributed by atoms with Crippen LogP contribution in [-0.4, -0.2) is 35.1 Å². The second-order valence-corrected chi connectivity index (χ2v) is 5.04. The Morgan fingerprint density at radius 1 is 1.58 bits per heavy atom. The number of ether oxygens (including phenoxy) is 1. The third kappa shape index (κ3) is 3.01. The van der Waals surface area contributed by atoms with E-state index in [9.17, 15) is 9.59 Å². The lowest BCUT2D eigenvalue weighted by molar-refractivity contribution is -0.142. The molecule has 8 heteroatoms. The summed E-state index contributed by atoms with van der Waals surface area (Å²) < 4.78 is 4.97. The van der Waals surface area contributed by atoms with Crippen LogP contribution in [-0.2, 0) is 14.3 Å². The van der Waals surface area contributed by atoms with Crippen molar-refractivity contribution < 1.29 is 14.3 Å². The van der Waals surface area contributed by atoms with Gasteiger partial charge in [0.25, 0.3) is 5.91 Å². The minimum Gasteiger partial charge on any atom is -0.465 e. The molecule has 2 heterocycles. The van der Waals surface area contributed by atoms with Crippen molar-refractivity contribution in [1.29, 1.82) is 0 Å². The summed E-state index contributed by atoms with van der Waals surface area (Å²) in [5, 5.41) is 10.1. The van der Waals surface area contributed by atoms with Gasteiger partial charge in [-0.3, -0.25) is 9.59 Å². The maximum Gasteiger partial charge on any atom is 0.319 e. The predicted octanol–water partition coefficient (Wildman–Crippen LogP) is 1.22. The minimum absolute atomic E-state index is 0.272. The van der Waals surface area contributed by atoms with E-state index >= 15 is 0 Å². The van der Waals surface area contributed by atoms with Crippen LogP contribution in [0.5, 0.6) is 0 Å². The van der Waals surface area contributed by atoms with Gasteiger partial charge in [-0.05, 0) is 13.3 Å². The molecule has 19 heavy (non-hydrogen) atoms. The number of amides is 1. The van der Waals surface area contributed by atoms with E-state index in [0.29, 0.717) is 23.8 Å². The number of rotatable bonds is 4. The number of hydrogen-bond acceptors (Lipinski definition) is 7. The van der Waals surface area contributed by atoms with Crippen LogP contribution in [0.1, 0.15) is 20.3 Å². The lowest BCUT2D eigenvalue weighted by Crippen LogP contribution is -2.39. The van der Waals surface area contributed by atoms with Gasteiger partial charge in [0.1, 0.15) is 5.25 Å². The standard InChI is InChI=1S/C11H14N4O3S/c1-3-7(10(17)18-4-2)19-11-13-8-6(5-12-15-8)9(16)14-11/h5,7-8H,3-4H2,1-2H3,(H,13,14,16). The Morgan fingerprint density at radius 3 is 3.05 bits per heavy atom. The normalized spacial score (nSPS) is 22.2. The van der Waals surface area contributed by atoms with Crippen molar-refractivity contribution in [2.24, 2.45) is 15.2 Å². The molecule has 0 aromatic rings. The summed E-state index contributed by atoms with van der Waals surface area (Å²) in [5.41, 5.74) is 0.425. The van der Waals surface area contributed by atoms with E-state index < -0.39 is 6.17 Å². The molecule has 2 aliphatic heterocycles. The van der Waals surface area contributed by atoms with Crippen LogP contribution in [0, 0.1) is 0 Å². The van der Waals surface area contributed by atoms with Gasteiger partial charge in [-0.2, -0.15) is 10.2 Å². The molecule has 2 atom stereocenters. The molecule has 2 rings (SSSR count). The summed E-state index contributed by atoms with van der Waals surface area (Å²) >= 11 is 1.18. The van der Waals surface area contributed by atoms with Gasteiger partial charge in [0, 0.05) is 0 Å². The number of fused-ring (bicyclic) bond motifs is 1. The van der Waals surface area contributed by atoms with Crippen LogP contribution in [0.4, 0.5) is 0 Å². The van der Waals surface area contributed by atoms with Crippen LogP contribution in [0.3, 0.4) is 0 Å². The van der Waals surface area contributed by atoms with Crippen LogP contribution in [0.25, 0.3) is 0 Å². The highest BCUT2D eigenvalue weighted by atomic mass is 32.2. The molecule has 102 valence electrons. The number of aliphatic imine (C=N–C) groups is 1. The third-order valence-corrected chi connectivity index (χ3v) is 3.79. The summed E-state index contributed by atoms with van der Waals surface area (Å²) in [5.74, 6) is -0.576. The van der Waals surface area contributed by atoms with Crippen LogP contribution in [0.15, 0.2) is 27.0 Å². The van der Waals surface area contributed by atoms with Gasteiger partial charge in [0.15, 0.2) is 11.3 Å². The molecule has 0 radical (unpaired) electrons. The SMILES string of the molecule is CCOC(=O)C(CC)SC1=NC2N=NC=C2C(=O)N1. The van der Waals surface area contributed by atoms with Gasteiger partial charge < -0.3 is 10.1 Å². The van der Waals surface area contributed by atoms with E-state index in [1.165, 1.54) is 18.0 Å². The number of thioether (sulfide) groups is 1. The Morgan fingerprint density at radius 2 is 2.37 bits per heavy atom. The Bertz CT molecular complexity index is 486. The molecule has 2 unspecified atom stereocenters. The maximum absolute atomic E-state index is 11.7. The van der Waals surface area contributed by atoms with E-state index in [4.69, 9.17) is 4.74 Å². The molecule has 1 N–H and O–H groups in total. The maximum atomic E-state index is 11.7. The molecular formula is C11H14N4O3S. The van der Waals surface area contributed by atoms with E-state index in [1.54, 1.807) is 6.92 Å². The molecule has 1 amide bonds. The molecule has 0 fully saturated rings. The van der Waals surface area contributed by atoms with E-state index in [2.05, 4.69) is 20.5 Å². The van der Waals surface area contributed by atoms with Gasteiger partial charge in [-0.25, -0.2) is 4.99 Å². The predicted molar refractivity (Wildman–Crippen MR) is 70.6 cm³/mol. The first-order chi connectivity index (χ1) is 9.15. The molecule has 0 aromatic carbocycles. The molecule has 0 bridgehead atoms. The zero-order chi connectivity index (χ0) is 13.8. The van der Waals surface area contributed by atoms with Gasteiger partial charge in [-0.1, -0.05) is 18.7 Å². The Kier molecular flexibility index (Phi) is 4.31. The minimum atomic E-state index is -0.573. The molecule has 2 aliphatic rings. The molecule has 7 nitrogen and oxygen atoms in total. The summed E-state index contributed by atoms with van der Waals surface area (Å²) in [6.07, 6.45) is 1.41. The number of azo groups is 1. The largest absolute Gasteiger partial charge is 0.465 e.